The van der Waals surface area contributed by atoms with Gasteiger partial charge in [-0.3, -0.25) is 19.4 Å². The zero-order valence-corrected chi connectivity index (χ0v) is 20.1. The lowest BCUT2D eigenvalue weighted by Crippen LogP contribution is -2.58. The van der Waals surface area contributed by atoms with Gasteiger partial charge in [0, 0.05) is 6.54 Å². The van der Waals surface area contributed by atoms with E-state index >= 15 is 0 Å². The van der Waals surface area contributed by atoms with Crippen molar-refractivity contribution in [2.75, 3.05) is 25.2 Å². The smallest absolute Gasteiger partial charge is 0.326 e. The van der Waals surface area contributed by atoms with Crippen LogP contribution in [-0.2, 0) is 19.2 Å². The second kappa shape index (κ2) is 16.1. The topological polar surface area (TPSA) is 235 Å². The van der Waals surface area contributed by atoms with E-state index in [1.165, 1.54) is 11.8 Å². The van der Waals surface area contributed by atoms with Crippen LogP contribution in [0.5, 0.6) is 0 Å². The molecule has 0 aliphatic rings. The molecule has 0 radical (unpaired) electrons. The van der Waals surface area contributed by atoms with Gasteiger partial charge in [0.1, 0.15) is 18.1 Å². The Bertz CT molecular complexity index is 688. The van der Waals surface area contributed by atoms with Crippen molar-refractivity contribution in [3.05, 3.63) is 0 Å². The predicted octanol–water partition coefficient (Wildman–Crippen LogP) is -2.69. The Morgan fingerprint density at radius 1 is 0.939 bits per heavy atom. The Labute approximate surface area is 197 Å². The summed E-state index contributed by atoms with van der Waals surface area (Å²) in [5, 5.41) is 26.1. The number of carbonyl (C=O) groups excluding carboxylic acids is 3. The summed E-state index contributed by atoms with van der Waals surface area (Å²) in [6, 6.07) is -4.52. The molecule has 0 saturated heterocycles. The number of nitrogens with two attached hydrogens (primary N) is 3. The number of hydrogen-bond acceptors (Lipinski definition) is 8. The highest BCUT2D eigenvalue weighted by molar-refractivity contribution is 7.98. The molecule has 0 aliphatic carbocycles. The number of aliphatic carboxylic acids is 1. The van der Waals surface area contributed by atoms with E-state index in [4.69, 9.17) is 17.2 Å². The Kier molecular flexibility index (Phi) is 14.8. The van der Waals surface area contributed by atoms with Crippen LogP contribution in [0.1, 0.15) is 33.1 Å². The minimum Gasteiger partial charge on any atom is -0.480 e. The predicted molar refractivity (Wildman–Crippen MR) is 126 cm³/mol. The SMILES string of the molecule is CSCCC(NC(=O)C(CO)NC(=O)C(CCCN=C(N)N)NC(=O)C(N)C(C)C)C(=O)O. The first kappa shape index (κ1) is 30.4. The maximum atomic E-state index is 12.8. The number of thioether (sulfide) groups is 1. The van der Waals surface area contributed by atoms with Crippen molar-refractivity contribution < 1.29 is 29.4 Å². The molecule has 0 fully saturated rings. The van der Waals surface area contributed by atoms with E-state index < -0.39 is 54.5 Å². The summed E-state index contributed by atoms with van der Waals surface area (Å²) in [5.74, 6) is -3.19. The summed E-state index contributed by atoms with van der Waals surface area (Å²) in [7, 11) is 0. The van der Waals surface area contributed by atoms with Gasteiger partial charge in [-0.2, -0.15) is 11.8 Å². The highest BCUT2D eigenvalue weighted by Gasteiger charge is 2.30. The summed E-state index contributed by atoms with van der Waals surface area (Å²) >= 11 is 1.42. The molecule has 0 heterocycles. The minimum absolute atomic E-state index is 0.117. The first-order valence-electron chi connectivity index (χ1n) is 10.5. The van der Waals surface area contributed by atoms with Gasteiger partial charge in [0.2, 0.25) is 17.7 Å². The number of amides is 3. The van der Waals surface area contributed by atoms with Crippen molar-refractivity contribution in [1.29, 1.82) is 0 Å². The number of nitrogens with one attached hydrogen (secondary N) is 3. The Morgan fingerprint density at radius 3 is 1.97 bits per heavy atom. The number of carboxylic acid groups (broad SMARTS) is 1. The van der Waals surface area contributed by atoms with Gasteiger partial charge < -0.3 is 43.4 Å². The molecule has 13 nitrogen and oxygen atoms in total. The first-order chi connectivity index (χ1) is 15.4. The van der Waals surface area contributed by atoms with Crippen LogP contribution < -0.4 is 33.2 Å². The molecule has 0 rings (SSSR count). The molecule has 3 amide bonds. The molecule has 4 unspecified atom stereocenters. The van der Waals surface area contributed by atoms with Crippen LogP contribution in [0.25, 0.3) is 0 Å². The number of guanidine groups is 1. The summed E-state index contributed by atoms with van der Waals surface area (Å²) in [4.78, 5) is 52.8. The molecule has 33 heavy (non-hydrogen) atoms. The molecular formula is C19H37N7O6S. The van der Waals surface area contributed by atoms with Crippen LogP contribution in [0.2, 0.25) is 0 Å². The highest BCUT2D eigenvalue weighted by atomic mass is 32.2. The number of aliphatic imine (C=N–C) groups is 1. The van der Waals surface area contributed by atoms with Gasteiger partial charge in [0.05, 0.1) is 12.6 Å². The number of carboxylic acids is 1. The van der Waals surface area contributed by atoms with Crippen LogP contribution in [0.15, 0.2) is 4.99 Å². The molecule has 4 atom stereocenters. The number of nitrogens with zero attached hydrogens (tertiary/aromatic N) is 1. The molecule has 0 saturated carbocycles. The number of hydrogen-bond donors (Lipinski definition) is 8. The summed E-state index contributed by atoms with van der Waals surface area (Å²) in [6.45, 7) is 2.94. The third-order valence-electron chi connectivity index (χ3n) is 4.64. The summed E-state index contributed by atoms with van der Waals surface area (Å²) in [6.07, 6.45) is 2.43. The van der Waals surface area contributed by atoms with Crippen molar-refractivity contribution >= 4 is 41.4 Å². The number of aliphatic hydroxyl groups is 1. The minimum atomic E-state index is -1.41. The molecule has 190 valence electrons. The molecule has 0 bridgehead atoms. The van der Waals surface area contributed by atoms with Crippen molar-refractivity contribution in [1.82, 2.24) is 16.0 Å². The van der Waals surface area contributed by atoms with Crippen molar-refractivity contribution in [2.24, 2.45) is 28.1 Å². The molecule has 0 aromatic rings. The maximum Gasteiger partial charge on any atom is 0.326 e. The summed E-state index contributed by atoms with van der Waals surface area (Å²) < 4.78 is 0. The van der Waals surface area contributed by atoms with E-state index in [0.717, 1.165) is 0 Å². The monoisotopic (exact) mass is 491 g/mol. The molecule has 11 N–H and O–H groups in total. The Hall–Kier alpha value is -2.58. The van der Waals surface area contributed by atoms with Crippen molar-refractivity contribution in [2.45, 2.75) is 57.3 Å². The third kappa shape index (κ3) is 12.3. The van der Waals surface area contributed by atoms with Crippen molar-refractivity contribution in [3.63, 3.8) is 0 Å². The van der Waals surface area contributed by atoms with E-state index in [2.05, 4.69) is 20.9 Å². The first-order valence-corrected chi connectivity index (χ1v) is 11.9. The lowest BCUT2D eigenvalue weighted by molar-refractivity contribution is -0.142. The van der Waals surface area contributed by atoms with Gasteiger partial charge in [-0.05, 0) is 37.2 Å². The number of rotatable bonds is 16. The number of aliphatic hydroxyl groups excluding tert-OH is 1. The van der Waals surface area contributed by atoms with Gasteiger partial charge in [-0.25, -0.2) is 4.79 Å². The van der Waals surface area contributed by atoms with E-state index in [1.807, 2.05) is 0 Å². The van der Waals surface area contributed by atoms with E-state index in [0.29, 0.717) is 12.2 Å². The molecule has 0 aromatic heterocycles. The largest absolute Gasteiger partial charge is 0.480 e. The normalized spacial score (nSPS) is 14.5. The van der Waals surface area contributed by atoms with E-state index in [1.54, 1.807) is 20.1 Å². The zero-order chi connectivity index (χ0) is 25.6. The second-order valence-electron chi connectivity index (χ2n) is 7.70. The van der Waals surface area contributed by atoms with Crippen LogP contribution in [0.4, 0.5) is 0 Å². The molecule has 0 aliphatic heterocycles. The fourth-order valence-electron chi connectivity index (χ4n) is 2.57. The lowest BCUT2D eigenvalue weighted by atomic mass is 10.0. The fraction of sp³-hybridized carbons (Fsp3) is 0.737. The van der Waals surface area contributed by atoms with Crippen LogP contribution in [-0.4, -0.2) is 89.2 Å². The molecule has 14 heteroatoms. The molecule has 0 aromatic carbocycles. The zero-order valence-electron chi connectivity index (χ0n) is 19.2. The van der Waals surface area contributed by atoms with Crippen LogP contribution in [0.3, 0.4) is 0 Å². The van der Waals surface area contributed by atoms with Crippen LogP contribution >= 0.6 is 11.8 Å². The highest BCUT2D eigenvalue weighted by Crippen LogP contribution is 2.05. The van der Waals surface area contributed by atoms with E-state index in [9.17, 15) is 29.4 Å². The van der Waals surface area contributed by atoms with Gasteiger partial charge >= 0.3 is 5.97 Å². The Morgan fingerprint density at radius 2 is 1.48 bits per heavy atom. The van der Waals surface area contributed by atoms with Gasteiger partial charge in [-0.1, -0.05) is 13.8 Å². The lowest BCUT2D eigenvalue weighted by Gasteiger charge is -2.25. The fourth-order valence-corrected chi connectivity index (χ4v) is 3.05. The number of carbonyl (C=O) groups is 4. The summed E-state index contributed by atoms with van der Waals surface area (Å²) in [5.41, 5.74) is 16.4. The van der Waals surface area contributed by atoms with Gasteiger partial charge in [-0.15, -0.1) is 0 Å². The molecule has 0 spiro atoms. The maximum absolute atomic E-state index is 12.8. The average Bonchev–Trinajstić information content (AvgIpc) is 2.75. The van der Waals surface area contributed by atoms with Gasteiger partial charge in [0.25, 0.3) is 0 Å². The standard InChI is InChI=1S/C19H37N7O6S/c1-10(2)14(20)17(30)24-11(5-4-7-23-19(21)22)15(28)26-13(9-27)16(29)25-12(18(31)32)6-8-33-3/h10-14,27H,4-9,20H2,1-3H3,(H,24,30)(H,25,29)(H,26,28)(H,31,32)(H4,21,22,23). The van der Waals surface area contributed by atoms with Gasteiger partial charge in [0.15, 0.2) is 5.96 Å². The third-order valence-corrected chi connectivity index (χ3v) is 5.28. The molecular weight excluding hydrogens is 454 g/mol. The second-order valence-corrected chi connectivity index (χ2v) is 8.69. The van der Waals surface area contributed by atoms with E-state index in [-0.39, 0.29) is 31.3 Å². The Balaban J connectivity index is 5.30. The van der Waals surface area contributed by atoms with Crippen molar-refractivity contribution in [3.8, 4) is 0 Å². The van der Waals surface area contributed by atoms with Crippen LogP contribution in [0, 0.1) is 5.92 Å². The average molecular weight is 492 g/mol. The quantitative estimate of drug-likeness (QED) is 0.0632.